The highest BCUT2D eigenvalue weighted by atomic mass is 16.2. The van der Waals surface area contributed by atoms with Crippen molar-refractivity contribution in [1.29, 1.82) is 0 Å². The van der Waals surface area contributed by atoms with E-state index in [9.17, 15) is 4.79 Å². The predicted octanol–water partition coefficient (Wildman–Crippen LogP) is 0.312. The molecule has 6 heteroatoms. The number of carbonyl (C=O) groups is 1. The van der Waals surface area contributed by atoms with Crippen LogP contribution in [0.5, 0.6) is 0 Å². The first-order chi connectivity index (χ1) is 8.56. The van der Waals surface area contributed by atoms with Crippen molar-refractivity contribution in [2.24, 2.45) is 0 Å². The van der Waals surface area contributed by atoms with Gasteiger partial charge in [-0.25, -0.2) is 4.68 Å². The number of likely N-dealkylation sites (tertiary alicyclic amines) is 1. The SMILES string of the molecule is Cc1cn(C2CCN(CC(=O)N(C)C)CC2)nn1. The summed E-state index contributed by atoms with van der Waals surface area (Å²) in [4.78, 5) is 15.5. The van der Waals surface area contributed by atoms with E-state index in [4.69, 9.17) is 0 Å². The standard InChI is InChI=1S/C12H21N5O/c1-10-8-17(14-13-10)11-4-6-16(7-5-11)9-12(18)15(2)3/h8,11H,4-7,9H2,1-3H3. The van der Waals surface area contributed by atoms with E-state index in [1.54, 1.807) is 19.0 Å². The Morgan fingerprint density at radius 3 is 2.61 bits per heavy atom. The Kier molecular flexibility index (Phi) is 3.96. The van der Waals surface area contributed by atoms with Crippen LogP contribution in [-0.4, -0.2) is 64.4 Å². The van der Waals surface area contributed by atoms with Gasteiger partial charge >= 0.3 is 0 Å². The molecule has 1 fully saturated rings. The number of nitrogens with zero attached hydrogens (tertiary/aromatic N) is 5. The van der Waals surface area contributed by atoms with Crippen molar-refractivity contribution in [3.05, 3.63) is 11.9 Å². The Labute approximate surface area is 108 Å². The predicted molar refractivity (Wildman–Crippen MR) is 68.2 cm³/mol. The molecule has 2 heterocycles. The number of piperidine rings is 1. The lowest BCUT2D eigenvalue weighted by molar-refractivity contribution is -0.130. The minimum absolute atomic E-state index is 0.171. The third kappa shape index (κ3) is 3.07. The molecule has 0 unspecified atom stereocenters. The monoisotopic (exact) mass is 251 g/mol. The van der Waals surface area contributed by atoms with Crippen LogP contribution in [0.2, 0.25) is 0 Å². The average molecular weight is 251 g/mol. The minimum atomic E-state index is 0.171. The van der Waals surface area contributed by atoms with Gasteiger partial charge in [-0.3, -0.25) is 9.69 Å². The summed E-state index contributed by atoms with van der Waals surface area (Å²) in [7, 11) is 3.60. The summed E-state index contributed by atoms with van der Waals surface area (Å²) in [5.74, 6) is 0.171. The van der Waals surface area contributed by atoms with Crippen LogP contribution >= 0.6 is 0 Å². The van der Waals surface area contributed by atoms with Crippen molar-refractivity contribution in [3.63, 3.8) is 0 Å². The Balaban J connectivity index is 1.83. The molecule has 18 heavy (non-hydrogen) atoms. The van der Waals surface area contributed by atoms with Gasteiger partial charge in [-0.1, -0.05) is 5.21 Å². The van der Waals surface area contributed by atoms with Crippen LogP contribution in [0.4, 0.5) is 0 Å². The van der Waals surface area contributed by atoms with E-state index in [2.05, 4.69) is 15.2 Å². The van der Waals surface area contributed by atoms with Gasteiger partial charge in [0.05, 0.1) is 18.3 Å². The Hall–Kier alpha value is -1.43. The first-order valence-corrected chi connectivity index (χ1v) is 6.37. The highest BCUT2D eigenvalue weighted by Crippen LogP contribution is 2.21. The van der Waals surface area contributed by atoms with Crippen molar-refractivity contribution in [1.82, 2.24) is 24.8 Å². The topological polar surface area (TPSA) is 54.3 Å². The maximum Gasteiger partial charge on any atom is 0.236 e. The van der Waals surface area contributed by atoms with E-state index < -0.39 is 0 Å². The number of aryl methyl sites for hydroxylation is 1. The van der Waals surface area contributed by atoms with Crippen molar-refractivity contribution < 1.29 is 4.79 Å². The molecule has 1 saturated heterocycles. The Bertz CT molecular complexity index is 406. The number of hydrogen-bond acceptors (Lipinski definition) is 4. The van der Waals surface area contributed by atoms with Gasteiger partial charge in [0.15, 0.2) is 0 Å². The molecule has 0 atom stereocenters. The number of rotatable bonds is 3. The third-order valence-corrected chi connectivity index (χ3v) is 3.41. The van der Waals surface area contributed by atoms with Crippen molar-refractivity contribution in [2.75, 3.05) is 33.7 Å². The molecule has 1 amide bonds. The van der Waals surface area contributed by atoms with Crippen LogP contribution in [0, 0.1) is 6.92 Å². The summed E-state index contributed by atoms with van der Waals surface area (Å²) in [5.41, 5.74) is 0.959. The van der Waals surface area contributed by atoms with E-state index >= 15 is 0 Å². The largest absolute Gasteiger partial charge is 0.348 e. The zero-order chi connectivity index (χ0) is 13.1. The third-order valence-electron chi connectivity index (χ3n) is 3.41. The van der Waals surface area contributed by atoms with Crippen molar-refractivity contribution in [3.8, 4) is 0 Å². The van der Waals surface area contributed by atoms with Crippen LogP contribution < -0.4 is 0 Å². The lowest BCUT2D eigenvalue weighted by Crippen LogP contribution is -2.41. The van der Waals surface area contributed by atoms with Gasteiger partial charge in [-0.05, 0) is 19.8 Å². The number of likely N-dealkylation sites (N-methyl/N-ethyl adjacent to an activating group) is 1. The second-order valence-electron chi connectivity index (χ2n) is 5.14. The number of hydrogen-bond donors (Lipinski definition) is 0. The highest BCUT2D eigenvalue weighted by Gasteiger charge is 2.22. The zero-order valence-corrected chi connectivity index (χ0v) is 11.3. The quantitative estimate of drug-likeness (QED) is 0.776. The van der Waals surface area contributed by atoms with E-state index in [1.165, 1.54) is 0 Å². The molecule has 1 aromatic heterocycles. The lowest BCUT2D eigenvalue weighted by Gasteiger charge is -2.31. The fourth-order valence-corrected chi connectivity index (χ4v) is 2.22. The summed E-state index contributed by atoms with van der Waals surface area (Å²) < 4.78 is 1.96. The smallest absolute Gasteiger partial charge is 0.236 e. The molecule has 6 nitrogen and oxygen atoms in total. The van der Waals surface area contributed by atoms with Gasteiger partial charge in [0.25, 0.3) is 0 Å². The molecule has 100 valence electrons. The van der Waals surface area contributed by atoms with Gasteiger partial charge in [0, 0.05) is 33.4 Å². The molecule has 0 spiro atoms. The van der Waals surface area contributed by atoms with Crippen LogP contribution in [0.15, 0.2) is 6.20 Å². The Morgan fingerprint density at radius 1 is 1.44 bits per heavy atom. The summed E-state index contributed by atoms with van der Waals surface area (Å²) in [6, 6.07) is 0.428. The minimum Gasteiger partial charge on any atom is -0.348 e. The maximum atomic E-state index is 11.6. The van der Waals surface area contributed by atoms with E-state index in [0.717, 1.165) is 31.6 Å². The number of aromatic nitrogens is 3. The van der Waals surface area contributed by atoms with Gasteiger partial charge in [0.2, 0.25) is 5.91 Å². The van der Waals surface area contributed by atoms with Gasteiger partial charge in [-0.15, -0.1) is 5.10 Å². The molecule has 0 N–H and O–H groups in total. The molecular weight excluding hydrogens is 230 g/mol. The molecule has 0 aliphatic carbocycles. The fourth-order valence-electron chi connectivity index (χ4n) is 2.22. The highest BCUT2D eigenvalue weighted by molar-refractivity contribution is 5.77. The first-order valence-electron chi connectivity index (χ1n) is 6.37. The van der Waals surface area contributed by atoms with Crippen LogP contribution in [0.3, 0.4) is 0 Å². The number of carbonyl (C=O) groups excluding carboxylic acids is 1. The molecule has 1 aliphatic heterocycles. The molecule has 0 saturated carbocycles. The molecule has 0 radical (unpaired) electrons. The van der Waals surface area contributed by atoms with Gasteiger partial charge in [0.1, 0.15) is 0 Å². The summed E-state index contributed by atoms with van der Waals surface area (Å²) in [6.45, 7) is 4.37. The fraction of sp³-hybridized carbons (Fsp3) is 0.750. The first kappa shape index (κ1) is 13.0. The van der Waals surface area contributed by atoms with Crippen molar-refractivity contribution >= 4 is 5.91 Å². The van der Waals surface area contributed by atoms with Crippen LogP contribution in [-0.2, 0) is 4.79 Å². The van der Waals surface area contributed by atoms with Gasteiger partial charge in [-0.2, -0.15) is 0 Å². The molecule has 0 bridgehead atoms. The summed E-state index contributed by atoms with van der Waals surface area (Å²) in [5, 5.41) is 8.15. The second kappa shape index (κ2) is 5.48. The molecule has 1 aromatic rings. The van der Waals surface area contributed by atoms with Crippen molar-refractivity contribution in [2.45, 2.75) is 25.8 Å². The lowest BCUT2D eigenvalue weighted by atomic mass is 10.1. The second-order valence-corrected chi connectivity index (χ2v) is 5.14. The number of amides is 1. The van der Waals surface area contributed by atoms with E-state index in [1.807, 2.05) is 17.8 Å². The summed E-state index contributed by atoms with van der Waals surface area (Å²) in [6.07, 6.45) is 4.05. The molecule has 0 aromatic carbocycles. The molecule has 1 aliphatic rings. The Morgan fingerprint density at radius 2 is 2.11 bits per heavy atom. The average Bonchev–Trinajstić information content (AvgIpc) is 2.76. The maximum absolute atomic E-state index is 11.6. The normalized spacial score (nSPS) is 17.9. The van der Waals surface area contributed by atoms with E-state index in [0.29, 0.717) is 12.6 Å². The van der Waals surface area contributed by atoms with Crippen LogP contribution in [0.1, 0.15) is 24.6 Å². The summed E-state index contributed by atoms with van der Waals surface area (Å²) >= 11 is 0. The van der Waals surface area contributed by atoms with E-state index in [-0.39, 0.29) is 5.91 Å². The molecular formula is C12H21N5O. The van der Waals surface area contributed by atoms with Gasteiger partial charge < -0.3 is 4.90 Å². The zero-order valence-electron chi connectivity index (χ0n) is 11.3. The molecule has 2 rings (SSSR count). The van der Waals surface area contributed by atoms with Crippen LogP contribution in [0.25, 0.3) is 0 Å².